The first kappa shape index (κ1) is 17.8. The summed E-state index contributed by atoms with van der Waals surface area (Å²) < 4.78 is 4.91. The minimum Gasteiger partial charge on any atom is -0.497 e. The lowest BCUT2D eigenvalue weighted by atomic mass is 10.1. The summed E-state index contributed by atoms with van der Waals surface area (Å²) in [5, 5.41) is 1.06. The van der Waals surface area contributed by atoms with Crippen LogP contribution < -0.4 is 4.74 Å². The number of hydrogen-bond donors (Lipinski definition) is 0. The largest absolute Gasteiger partial charge is 0.497 e. The molecule has 2 rings (SSSR count). The van der Waals surface area contributed by atoms with Gasteiger partial charge in [0.2, 0.25) is 5.91 Å². The third-order valence-corrected chi connectivity index (χ3v) is 3.72. The van der Waals surface area contributed by atoms with E-state index in [1.807, 2.05) is 6.92 Å². The van der Waals surface area contributed by atoms with Crippen molar-refractivity contribution < 1.29 is 14.3 Å². The van der Waals surface area contributed by atoms with E-state index < -0.39 is 0 Å². The van der Waals surface area contributed by atoms with Gasteiger partial charge in [-0.1, -0.05) is 30.1 Å². The monoisotopic (exact) mass is 331 g/mol. The number of ether oxygens (including phenoxy) is 1. The Morgan fingerprint density at radius 1 is 1.24 bits per heavy atom. The molecule has 4 nitrogen and oxygen atoms in total. The number of carbonyl (C=O) groups excluding carboxylic acids is 2. The van der Waals surface area contributed by atoms with Gasteiger partial charge >= 0.3 is 0 Å². The van der Waals surface area contributed by atoms with Crippen molar-refractivity contribution in [1.82, 2.24) is 4.90 Å². The molecule has 0 atom stereocenters. The summed E-state index contributed by atoms with van der Waals surface area (Å²) in [6.07, 6.45) is 1.64. The number of piperidine rings is 1. The van der Waals surface area contributed by atoms with Crippen LogP contribution in [-0.2, 0) is 9.59 Å². The number of carbonyl (C=O) groups is 2. The van der Waals surface area contributed by atoms with E-state index in [1.54, 1.807) is 30.2 Å². The first-order valence-electron chi connectivity index (χ1n) is 6.76. The summed E-state index contributed by atoms with van der Waals surface area (Å²) in [5.41, 5.74) is 0. The third-order valence-electron chi connectivity index (χ3n) is 2.98. The van der Waals surface area contributed by atoms with Crippen LogP contribution in [0.15, 0.2) is 18.2 Å². The quantitative estimate of drug-likeness (QED) is 0.795. The lowest BCUT2D eigenvalue weighted by Gasteiger charge is -2.25. The Morgan fingerprint density at radius 2 is 1.95 bits per heavy atom. The Hall–Kier alpha value is -1.26. The first-order chi connectivity index (χ1) is 9.97. The molecule has 1 aliphatic heterocycles. The van der Waals surface area contributed by atoms with Crippen LogP contribution in [-0.4, -0.2) is 36.8 Å². The summed E-state index contributed by atoms with van der Waals surface area (Å²) in [5.74, 6) is 0.805. The number of ketones is 1. The smallest absolute Gasteiger partial charge is 0.230 e. The fraction of sp³-hybridized carbons (Fsp3) is 0.467. The second-order valence-electron chi connectivity index (χ2n) is 4.63. The van der Waals surface area contributed by atoms with E-state index in [0.29, 0.717) is 23.0 Å². The van der Waals surface area contributed by atoms with Gasteiger partial charge in [-0.25, -0.2) is 0 Å². The first-order valence-corrected chi connectivity index (χ1v) is 7.52. The maximum atomic E-state index is 11.1. The Morgan fingerprint density at radius 3 is 2.48 bits per heavy atom. The molecule has 1 amide bonds. The van der Waals surface area contributed by atoms with Crippen LogP contribution in [0, 0.1) is 0 Å². The normalized spacial score (nSPS) is 14.6. The molecule has 0 aromatic heterocycles. The van der Waals surface area contributed by atoms with Crippen LogP contribution in [0.5, 0.6) is 5.75 Å². The van der Waals surface area contributed by atoms with Crippen LogP contribution >= 0.6 is 23.2 Å². The lowest BCUT2D eigenvalue weighted by Crippen LogP contribution is -2.39. The van der Waals surface area contributed by atoms with Crippen LogP contribution in [0.4, 0.5) is 0 Å². The average Bonchev–Trinajstić information content (AvgIpc) is 2.46. The zero-order chi connectivity index (χ0) is 15.8. The molecule has 1 heterocycles. The van der Waals surface area contributed by atoms with Crippen molar-refractivity contribution in [3.63, 3.8) is 0 Å². The minimum atomic E-state index is 0.00287. The molecule has 0 radical (unpaired) electrons. The van der Waals surface area contributed by atoms with Crippen LogP contribution in [0.1, 0.15) is 26.2 Å². The summed E-state index contributed by atoms with van der Waals surface area (Å²) in [4.78, 5) is 23.6. The highest BCUT2D eigenvalue weighted by molar-refractivity contribution is 6.42. The van der Waals surface area contributed by atoms with Crippen molar-refractivity contribution in [2.75, 3.05) is 20.2 Å². The lowest BCUT2D eigenvalue weighted by molar-refractivity contribution is -0.139. The van der Waals surface area contributed by atoms with E-state index in [2.05, 4.69) is 0 Å². The number of likely N-dealkylation sites (tertiary alicyclic amines) is 1. The van der Waals surface area contributed by atoms with Gasteiger partial charge in [-0.3, -0.25) is 9.59 Å². The van der Waals surface area contributed by atoms with E-state index in [9.17, 15) is 9.59 Å². The number of methoxy groups -OCH3 is 1. The molecule has 0 saturated carbocycles. The van der Waals surface area contributed by atoms with Crippen molar-refractivity contribution in [2.45, 2.75) is 26.2 Å². The molecular weight excluding hydrogens is 313 g/mol. The van der Waals surface area contributed by atoms with Gasteiger partial charge in [0.25, 0.3) is 0 Å². The van der Waals surface area contributed by atoms with E-state index in [0.717, 1.165) is 18.7 Å². The zero-order valence-electron chi connectivity index (χ0n) is 12.2. The summed E-state index contributed by atoms with van der Waals surface area (Å²) >= 11 is 11.3. The fourth-order valence-electron chi connectivity index (χ4n) is 1.86. The molecule has 0 bridgehead atoms. The zero-order valence-corrected chi connectivity index (χ0v) is 13.7. The van der Waals surface area contributed by atoms with E-state index >= 15 is 0 Å². The van der Waals surface area contributed by atoms with Gasteiger partial charge in [0, 0.05) is 25.6 Å². The molecule has 0 aliphatic carbocycles. The average molecular weight is 332 g/mol. The maximum absolute atomic E-state index is 11.1. The van der Waals surface area contributed by atoms with Crippen LogP contribution in [0.3, 0.4) is 0 Å². The Bertz CT molecular complexity index is 506. The van der Waals surface area contributed by atoms with Crippen molar-refractivity contribution >= 4 is 34.9 Å². The van der Waals surface area contributed by atoms with Gasteiger partial charge in [-0.15, -0.1) is 0 Å². The predicted molar refractivity (Wildman–Crippen MR) is 84.1 cm³/mol. The summed E-state index contributed by atoms with van der Waals surface area (Å²) in [6, 6.07) is 5.13. The summed E-state index contributed by atoms with van der Waals surface area (Å²) in [6.45, 7) is 3.46. The molecule has 6 heteroatoms. The molecular formula is C15H19Cl2NO3. The van der Waals surface area contributed by atoms with Crippen molar-refractivity contribution in [3.05, 3.63) is 28.2 Å². The number of benzene rings is 1. The molecule has 0 N–H and O–H groups in total. The van der Waals surface area contributed by atoms with Crippen molar-refractivity contribution in [2.24, 2.45) is 0 Å². The van der Waals surface area contributed by atoms with E-state index in [4.69, 9.17) is 27.9 Å². The molecule has 1 aromatic rings. The Kier molecular flexibility index (Phi) is 7.54. The molecule has 1 aromatic carbocycles. The van der Waals surface area contributed by atoms with E-state index in [-0.39, 0.29) is 18.1 Å². The van der Waals surface area contributed by atoms with Crippen LogP contribution in [0.2, 0.25) is 10.0 Å². The SMILES string of the molecule is CCCN1CCC(=O)CC1=O.COc1ccc(Cl)c(Cl)c1. The number of amides is 1. The molecule has 21 heavy (non-hydrogen) atoms. The number of hydrogen-bond acceptors (Lipinski definition) is 3. The predicted octanol–water partition coefficient (Wildman–Crippen LogP) is 3.59. The van der Waals surface area contributed by atoms with E-state index in [1.165, 1.54) is 0 Å². The fourth-order valence-corrected chi connectivity index (χ4v) is 2.15. The standard InChI is InChI=1S/C8H13NO2.C7H6Cl2O/c1-2-4-9-5-3-7(10)6-8(9)11;1-10-5-2-3-6(8)7(9)4-5/h2-6H2,1H3;2-4H,1H3. The topological polar surface area (TPSA) is 46.6 Å². The van der Waals surface area contributed by atoms with Gasteiger partial charge in [-0.2, -0.15) is 0 Å². The number of rotatable bonds is 3. The van der Waals surface area contributed by atoms with Gasteiger partial charge in [0.05, 0.1) is 23.6 Å². The molecule has 1 saturated heterocycles. The number of halogens is 2. The van der Waals surface area contributed by atoms with Crippen molar-refractivity contribution in [3.8, 4) is 5.75 Å². The highest BCUT2D eigenvalue weighted by atomic mass is 35.5. The Labute approximate surface area is 135 Å². The molecule has 1 aliphatic rings. The maximum Gasteiger partial charge on any atom is 0.230 e. The minimum absolute atomic E-state index is 0.00287. The van der Waals surface area contributed by atoms with Gasteiger partial charge in [0.15, 0.2) is 0 Å². The van der Waals surface area contributed by atoms with Gasteiger partial charge in [-0.05, 0) is 18.6 Å². The molecule has 0 spiro atoms. The van der Waals surface area contributed by atoms with Gasteiger partial charge < -0.3 is 9.64 Å². The summed E-state index contributed by atoms with van der Waals surface area (Å²) in [7, 11) is 1.58. The second kappa shape index (κ2) is 8.90. The second-order valence-corrected chi connectivity index (χ2v) is 5.44. The molecule has 0 unspecified atom stereocenters. The van der Waals surface area contributed by atoms with Crippen LogP contribution in [0.25, 0.3) is 0 Å². The number of nitrogens with zero attached hydrogens (tertiary/aromatic N) is 1. The highest BCUT2D eigenvalue weighted by Crippen LogP contribution is 2.25. The Balaban J connectivity index is 0.000000211. The highest BCUT2D eigenvalue weighted by Gasteiger charge is 2.22. The van der Waals surface area contributed by atoms with Crippen molar-refractivity contribution in [1.29, 1.82) is 0 Å². The third kappa shape index (κ3) is 5.94. The molecule has 1 fully saturated rings. The number of Topliss-reactive ketones (excluding diaryl/α,β-unsaturated/α-hetero) is 1. The van der Waals surface area contributed by atoms with Gasteiger partial charge in [0.1, 0.15) is 11.5 Å². The molecule has 116 valence electrons.